The summed E-state index contributed by atoms with van der Waals surface area (Å²) in [5.74, 6) is -0.968. The first-order valence-electron chi connectivity index (χ1n) is 7.70. The van der Waals surface area contributed by atoms with Crippen LogP contribution >= 0.6 is 0 Å². The molecule has 0 radical (unpaired) electrons. The molecule has 0 saturated carbocycles. The highest BCUT2D eigenvalue weighted by Gasteiger charge is 2.18. The van der Waals surface area contributed by atoms with E-state index in [9.17, 15) is 18.0 Å². The van der Waals surface area contributed by atoms with E-state index in [1.165, 1.54) is 24.3 Å². The van der Waals surface area contributed by atoms with E-state index in [4.69, 9.17) is 4.74 Å². The van der Waals surface area contributed by atoms with Crippen molar-refractivity contribution in [3.63, 3.8) is 0 Å². The Labute approximate surface area is 146 Å². The molecule has 0 fully saturated rings. The molecule has 0 aliphatic rings. The van der Waals surface area contributed by atoms with E-state index in [2.05, 4.69) is 5.32 Å². The quantitative estimate of drug-likeness (QED) is 0.799. The topological polar surface area (TPSA) is 89.5 Å². The van der Waals surface area contributed by atoms with Gasteiger partial charge in [-0.3, -0.25) is 4.79 Å². The lowest BCUT2D eigenvalue weighted by atomic mass is 10.2. The highest BCUT2D eigenvalue weighted by atomic mass is 32.2. The van der Waals surface area contributed by atoms with Crippen molar-refractivity contribution < 1.29 is 22.7 Å². The second kappa shape index (κ2) is 7.94. The van der Waals surface area contributed by atoms with Crippen LogP contribution in [0.3, 0.4) is 0 Å². The third-order valence-electron chi connectivity index (χ3n) is 3.35. The number of carbonyl (C=O) groups is 2. The molecule has 1 amide bonds. The van der Waals surface area contributed by atoms with Crippen LogP contribution in [0.15, 0.2) is 53.4 Å². The van der Waals surface area contributed by atoms with E-state index < -0.39 is 21.7 Å². The summed E-state index contributed by atoms with van der Waals surface area (Å²) >= 11 is 0. The molecule has 6 nitrogen and oxygen atoms in total. The molecule has 0 unspecified atom stereocenters. The Balaban J connectivity index is 2.16. The van der Waals surface area contributed by atoms with Crippen LogP contribution in [0, 0.1) is 0 Å². The monoisotopic (exact) mass is 361 g/mol. The fourth-order valence-electron chi connectivity index (χ4n) is 2.14. The van der Waals surface area contributed by atoms with Crippen LogP contribution in [0.5, 0.6) is 0 Å². The summed E-state index contributed by atoms with van der Waals surface area (Å²) in [6.07, 6.45) is 1.79. The van der Waals surface area contributed by atoms with Crippen molar-refractivity contribution >= 4 is 27.4 Å². The average molecular weight is 361 g/mol. The van der Waals surface area contributed by atoms with Gasteiger partial charge in [0.2, 0.25) is 0 Å². The predicted octanol–water partition coefficient (Wildman–Crippen LogP) is 2.91. The molecule has 0 aliphatic heterocycles. The number of rotatable bonds is 6. The van der Waals surface area contributed by atoms with Crippen LogP contribution < -0.4 is 5.32 Å². The van der Waals surface area contributed by atoms with Gasteiger partial charge in [0.25, 0.3) is 5.91 Å². The minimum Gasteiger partial charge on any atom is -0.462 e. The molecule has 0 heterocycles. The van der Waals surface area contributed by atoms with Gasteiger partial charge in [-0.15, -0.1) is 0 Å². The Morgan fingerprint density at radius 1 is 1.04 bits per heavy atom. The zero-order valence-corrected chi connectivity index (χ0v) is 14.8. The molecule has 25 heavy (non-hydrogen) atoms. The highest BCUT2D eigenvalue weighted by Crippen LogP contribution is 2.18. The Kier molecular flexibility index (Phi) is 5.93. The standard InChI is InChI=1S/C18H19NO5S/c1-3-12-24-18(21)13-8-10-14(11-9-13)19-17(20)15-6-4-5-7-16(15)25(2,22)23/h4-11H,3,12H2,1-2H3,(H,19,20). The maximum Gasteiger partial charge on any atom is 0.338 e. The van der Waals surface area contributed by atoms with E-state index in [0.29, 0.717) is 17.9 Å². The van der Waals surface area contributed by atoms with Crippen molar-refractivity contribution in [2.24, 2.45) is 0 Å². The van der Waals surface area contributed by atoms with Gasteiger partial charge in [-0.1, -0.05) is 19.1 Å². The highest BCUT2D eigenvalue weighted by molar-refractivity contribution is 7.90. The fraction of sp³-hybridized carbons (Fsp3) is 0.222. The van der Waals surface area contributed by atoms with Crippen LogP contribution in [0.1, 0.15) is 34.1 Å². The number of anilines is 1. The first kappa shape index (κ1) is 18.7. The average Bonchev–Trinajstić information content (AvgIpc) is 2.59. The molecule has 0 aromatic heterocycles. The summed E-state index contributed by atoms with van der Waals surface area (Å²) in [4.78, 5) is 24.1. The van der Waals surface area contributed by atoms with Gasteiger partial charge in [0.1, 0.15) is 0 Å². The first-order chi connectivity index (χ1) is 11.8. The number of carbonyl (C=O) groups excluding carboxylic acids is 2. The number of hydrogen-bond acceptors (Lipinski definition) is 5. The molecule has 7 heteroatoms. The largest absolute Gasteiger partial charge is 0.462 e. The van der Waals surface area contributed by atoms with E-state index in [1.54, 1.807) is 24.3 Å². The van der Waals surface area contributed by atoms with Crippen LogP contribution in [0.4, 0.5) is 5.69 Å². The van der Waals surface area contributed by atoms with Crippen molar-refractivity contribution in [3.05, 3.63) is 59.7 Å². The molecule has 0 aliphatic carbocycles. The summed E-state index contributed by atoms with van der Waals surface area (Å²) < 4.78 is 28.6. The Hall–Kier alpha value is -2.67. The minimum atomic E-state index is -3.52. The van der Waals surface area contributed by atoms with E-state index in [0.717, 1.165) is 12.7 Å². The fourth-order valence-corrected chi connectivity index (χ4v) is 3.03. The lowest BCUT2D eigenvalue weighted by molar-refractivity contribution is 0.0505. The zero-order chi connectivity index (χ0) is 18.4. The molecule has 0 atom stereocenters. The SMILES string of the molecule is CCCOC(=O)c1ccc(NC(=O)c2ccccc2S(C)(=O)=O)cc1. The second-order valence-corrected chi connectivity index (χ2v) is 7.42. The summed E-state index contributed by atoms with van der Waals surface area (Å²) in [5, 5.41) is 2.62. The van der Waals surface area contributed by atoms with Gasteiger partial charge in [0.05, 0.1) is 22.6 Å². The lowest BCUT2D eigenvalue weighted by Crippen LogP contribution is -2.16. The van der Waals surface area contributed by atoms with Crippen LogP contribution in [0.2, 0.25) is 0 Å². The third kappa shape index (κ3) is 4.90. The van der Waals surface area contributed by atoms with Crippen LogP contribution in [0.25, 0.3) is 0 Å². The number of benzene rings is 2. The van der Waals surface area contributed by atoms with Crippen LogP contribution in [-0.4, -0.2) is 33.2 Å². The van der Waals surface area contributed by atoms with Gasteiger partial charge in [0.15, 0.2) is 9.84 Å². The van der Waals surface area contributed by atoms with Crippen molar-refractivity contribution in [2.45, 2.75) is 18.2 Å². The van der Waals surface area contributed by atoms with Gasteiger partial charge in [-0.25, -0.2) is 13.2 Å². The molecular formula is C18H19NO5S. The molecule has 2 rings (SSSR count). The molecule has 0 saturated heterocycles. The van der Waals surface area contributed by atoms with Gasteiger partial charge in [-0.05, 0) is 42.8 Å². The Morgan fingerprint density at radius 2 is 1.68 bits per heavy atom. The third-order valence-corrected chi connectivity index (χ3v) is 4.50. The van der Waals surface area contributed by atoms with Gasteiger partial charge < -0.3 is 10.1 Å². The first-order valence-corrected chi connectivity index (χ1v) is 9.59. The van der Waals surface area contributed by atoms with Crippen molar-refractivity contribution in [3.8, 4) is 0 Å². The molecule has 2 aromatic carbocycles. The number of hydrogen-bond donors (Lipinski definition) is 1. The summed E-state index contributed by atoms with van der Waals surface area (Å²) in [5.41, 5.74) is 0.889. The zero-order valence-electron chi connectivity index (χ0n) is 14.0. The lowest BCUT2D eigenvalue weighted by Gasteiger charge is -2.09. The number of ether oxygens (including phenoxy) is 1. The van der Waals surface area contributed by atoms with Crippen molar-refractivity contribution in [2.75, 3.05) is 18.2 Å². The molecule has 2 aromatic rings. The normalized spacial score (nSPS) is 11.0. The number of sulfone groups is 1. The number of esters is 1. The molecule has 0 spiro atoms. The van der Waals surface area contributed by atoms with Crippen molar-refractivity contribution in [1.29, 1.82) is 0 Å². The minimum absolute atomic E-state index is 0.0349. The van der Waals surface area contributed by atoms with Gasteiger partial charge >= 0.3 is 5.97 Å². The predicted molar refractivity (Wildman–Crippen MR) is 94.5 cm³/mol. The van der Waals surface area contributed by atoms with Crippen molar-refractivity contribution in [1.82, 2.24) is 0 Å². The summed E-state index contributed by atoms with van der Waals surface area (Å²) in [7, 11) is -3.52. The Bertz CT molecular complexity index is 873. The van der Waals surface area contributed by atoms with Gasteiger partial charge in [-0.2, -0.15) is 0 Å². The Morgan fingerprint density at radius 3 is 2.28 bits per heavy atom. The van der Waals surface area contributed by atoms with Gasteiger partial charge in [0, 0.05) is 11.9 Å². The maximum atomic E-state index is 12.4. The van der Waals surface area contributed by atoms with E-state index in [-0.39, 0.29) is 10.5 Å². The smallest absolute Gasteiger partial charge is 0.338 e. The van der Waals surface area contributed by atoms with E-state index in [1.807, 2.05) is 6.92 Å². The number of nitrogens with one attached hydrogen (secondary N) is 1. The van der Waals surface area contributed by atoms with Crippen LogP contribution in [-0.2, 0) is 14.6 Å². The number of amides is 1. The molecule has 0 bridgehead atoms. The summed E-state index contributed by atoms with van der Waals surface area (Å²) in [6, 6.07) is 12.2. The van der Waals surface area contributed by atoms with E-state index >= 15 is 0 Å². The second-order valence-electron chi connectivity index (χ2n) is 5.44. The summed E-state index contributed by atoms with van der Waals surface area (Å²) in [6.45, 7) is 2.25. The molecular weight excluding hydrogens is 342 g/mol. The maximum absolute atomic E-state index is 12.4. The molecule has 1 N–H and O–H groups in total. The molecule has 132 valence electrons.